The van der Waals surface area contributed by atoms with Gasteiger partial charge in [-0.25, -0.2) is 12.8 Å². The van der Waals surface area contributed by atoms with Gasteiger partial charge in [0.1, 0.15) is 16.3 Å². The fourth-order valence-corrected chi connectivity index (χ4v) is 3.00. The van der Waals surface area contributed by atoms with Crippen molar-refractivity contribution in [1.82, 2.24) is 4.98 Å². The molecule has 0 unspecified atom stereocenters. The van der Waals surface area contributed by atoms with Gasteiger partial charge in [0, 0.05) is 12.3 Å². The molecular formula is C9H10FNO3S. The number of hydrogen-bond acceptors (Lipinski definition) is 4. The van der Waals surface area contributed by atoms with E-state index in [-0.39, 0.29) is 11.4 Å². The second-order valence-electron chi connectivity index (χ2n) is 3.79. The molecule has 0 spiro atoms. The smallest absolute Gasteiger partial charge is 0.158 e. The number of hydrogen-bond donors (Lipinski definition) is 1. The van der Waals surface area contributed by atoms with Gasteiger partial charge in [0.2, 0.25) is 0 Å². The minimum Gasteiger partial charge on any atom is -0.506 e. The van der Waals surface area contributed by atoms with Crippen molar-refractivity contribution in [3.05, 3.63) is 23.8 Å². The summed E-state index contributed by atoms with van der Waals surface area (Å²) in [6.45, 7) is 0. The van der Waals surface area contributed by atoms with E-state index in [1.807, 2.05) is 0 Å². The van der Waals surface area contributed by atoms with E-state index in [0.29, 0.717) is 12.8 Å². The molecule has 82 valence electrons. The van der Waals surface area contributed by atoms with Crippen LogP contribution in [0.25, 0.3) is 0 Å². The van der Waals surface area contributed by atoms with Crippen molar-refractivity contribution >= 4 is 9.84 Å². The van der Waals surface area contributed by atoms with Crippen LogP contribution in [0.15, 0.2) is 12.3 Å². The number of nitrogens with zero attached hydrogens (tertiary/aromatic N) is 1. The lowest BCUT2D eigenvalue weighted by molar-refractivity contribution is 0.461. The lowest BCUT2D eigenvalue weighted by Gasteiger charge is -2.12. The van der Waals surface area contributed by atoms with Crippen molar-refractivity contribution in [2.45, 2.75) is 17.6 Å². The van der Waals surface area contributed by atoms with Crippen molar-refractivity contribution in [3.63, 3.8) is 0 Å². The second-order valence-corrected chi connectivity index (χ2v) is 6.12. The molecule has 0 aliphatic heterocycles. The standard InChI is InChI=1S/C9H10FNO3S/c1-15(13,14)9(2-3-9)8-7(10)4-6(12)5-11-8/h4-5,12H,2-3H2,1H3. The maximum Gasteiger partial charge on any atom is 0.158 e. The van der Waals surface area contributed by atoms with E-state index in [1.165, 1.54) is 0 Å². The Labute approximate surface area is 86.7 Å². The first-order valence-corrected chi connectivity index (χ1v) is 6.30. The van der Waals surface area contributed by atoms with Crippen LogP contribution in [0.2, 0.25) is 0 Å². The molecule has 0 radical (unpaired) electrons. The fourth-order valence-electron chi connectivity index (χ4n) is 1.66. The van der Waals surface area contributed by atoms with Gasteiger partial charge in [0.05, 0.1) is 11.9 Å². The van der Waals surface area contributed by atoms with Gasteiger partial charge in [0.15, 0.2) is 9.84 Å². The Kier molecular flexibility index (Phi) is 2.01. The number of halogens is 1. The summed E-state index contributed by atoms with van der Waals surface area (Å²) < 4.78 is 35.2. The maximum absolute atomic E-state index is 13.4. The van der Waals surface area contributed by atoms with Crippen LogP contribution in [0.3, 0.4) is 0 Å². The maximum atomic E-state index is 13.4. The normalized spacial score (nSPS) is 18.8. The third-order valence-corrected chi connectivity index (χ3v) is 4.69. The van der Waals surface area contributed by atoms with E-state index in [9.17, 15) is 12.8 Å². The number of sulfone groups is 1. The predicted octanol–water partition coefficient (Wildman–Crippen LogP) is 0.960. The average Bonchev–Trinajstić information content (AvgIpc) is 2.83. The van der Waals surface area contributed by atoms with Gasteiger partial charge in [-0.1, -0.05) is 0 Å². The van der Waals surface area contributed by atoms with E-state index in [0.717, 1.165) is 18.5 Å². The molecular weight excluding hydrogens is 221 g/mol. The van der Waals surface area contributed by atoms with Crippen molar-refractivity contribution in [1.29, 1.82) is 0 Å². The van der Waals surface area contributed by atoms with Gasteiger partial charge in [-0.15, -0.1) is 0 Å². The zero-order valence-corrected chi connectivity index (χ0v) is 8.88. The molecule has 6 heteroatoms. The summed E-state index contributed by atoms with van der Waals surface area (Å²) in [4.78, 5) is 3.67. The highest BCUT2D eigenvalue weighted by atomic mass is 32.2. The molecule has 1 aliphatic rings. The Morgan fingerprint density at radius 2 is 2.13 bits per heavy atom. The van der Waals surface area contributed by atoms with Crippen molar-refractivity contribution in [2.24, 2.45) is 0 Å². The molecule has 1 fully saturated rings. The quantitative estimate of drug-likeness (QED) is 0.823. The SMILES string of the molecule is CS(=O)(=O)C1(c2ncc(O)cc2F)CC1. The Morgan fingerprint density at radius 1 is 1.53 bits per heavy atom. The zero-order chi connectivity index (χ0) is 11.3. The van der Waals surface area contributed by atoms with Crippen LogP contribution in [0, 0.1) is 5.82 Å². The summed E-state index contributed by atoms with van der Waals surface area (Å²) >= 11 is 0. The molecule has 1 aromatic heterocycles. The molecule has 1 aromatic rings. The molecule has 1 saturated carbocycles. The molecule has 0 aromatic carbocycles. The molecule has 1 heterocycles. The first-order valence-electron chi connectivity index (χ1n) is 4.41. The summed E-state index contributed by atoms with van der Waals surface area (Å²) in [7, 11) is -3.36. The molecule has 1 N–H and O–H groups in total. The predicted molar refractivity (Wildman–Crippen MR) is 51.6 cm³/mol. The lowest BCUT2D eigenvalue weighted by atomic mass is 10.2. The van der Waals surface area contributed by atoms with E-state index in [2.05, 4.69) is 4.98 Å². The van der Waals surface area contributed by atoms with Crippen LogP contribution in [-0.4, -0.2) is 24.8 Å². The Balaban J connectivity index is 2.56. The van der Waals surface area contributed by atoms with Crippen LogP contribution in [-0.2, 0) is 14.6 Å². The van der Waals surface area contributed by atoms with Gasteiger partial charge in [-0.05, 0) is 12.8 Å². The van der Waals surface area contributed by atoms with Crippen molar-refractivity contribution in [3.8, 4) is 5.75 Å². The number of aromatic nitrogens is 1. The summed E-state index contributed by atoms with van der Waals surface area (Å²) in [6.07, 6.45) is 2.92. The summed E-state index contributed by atoms with van der Waals surface area (Å²) in [6, 6.07) is 0.883. The highest BCUT2D eigenvalue weighted by molar-refractivity contribution is 7.91. The fraction of sp³-hybridized carbons (Fsp3) is 0.444. The molecule has 0 atom stereocenters. The topological polar surface area (TPSA) is 67.3 Å². The summed E-state index contributed by atoms with van der Waals surface area (Å²) in [5.74, 6) is -1.07. The molecule has 0 amide bonds. The van der Waals surface area contributed by atoms with Crippen LogP contribution in [0.5, 0.6) is 5.75 Å². The number of aromatic hydroxyl groups is 1. The van der Waals surface area contributed by atoms with Crippen LogP contribution in [0.1, 0.15) is 18.5 Å². The molecule has 2 rings (SSSR count). The van der Waals surface area contributed by atoms with E-state index >= 15 is 0 Å². The highest BCUT2D eigenvalue weighted by Crippen LogP contribution is 2.52. The number of rotatable bonds is 2. The van der Waals surface area contributed by atoms with Gasteiger partial charge in [-0.3, -0.25) is 4.98 Å². The summed E-state index contributed by atoms with van der Waals surface area (Å²) in [5.41, 5.74) is -0.0807. The average molecular weight is 231 g/mol. The van der Waals surface area contributed by atoms with Crippen LogP contribution in [0.4, 0.5) is 4.39 Å². The molecule has 1 aliphatic carbocycles. The first kappa shape index (κ1) is 10.4. The van der Waals surface area contributed by atoms with E-state index < -0.39 is 20.4 Å². The van der Waals surface area contributed by atoms with E-state index in [1.54, 1.807) is 0 Å². The van der Waals surface area contributed by atoms with E-state index in [4.69, 9.17) is 5.11 Å². The van der Waals surface area contributed by atoms with Crippen molar-refractivity contribution < 1.29 is 17.9 Å². The monoisotopic (exact) mass is 231 g/mol. The van der Waals surface area contributed by atoms with Crippen LogP contribution >= 0.6 is 0 Å². The minimum atomic E-state index is -3.36. The largest absolute Gasteiger partial charge is 0.506 e. The highest BCUT2D eigenvalue weighted by Gasteiger charge is 2.56. The zero-order valence-electron chi connectivity index (χ0n) is 8.07. The lowest BCUT2D eigenvalue weighted by Crippen LogP contribution is -2.22. The van der Waals surface area contributed by atoms with Crippen LogP contribution < -0.4 is 0 Å². The Morgan fingerprint density at radius 3 is 2.53 bits per heavy atom. The summed E-state index contributed by atoms with van der Waals surface area (Å²) in [5, 5.41) is 8.97. The first-order chi connectivity index (χ1) is 6.87. The second kappa shape index (κ2) is 2.91. The number of pyridine rings is 1. The Hall–Kier alpha value is -1.17. The third kappa shape index (κ3) is 1.49. The van der Waals surface area contributed by atoms with Crippen molar-refractivity contribution in [2.75, 3.05) is 6.26 Å². The third-order valence-electron chi connectivity index (χ3n) is 2.67. The van der Waals surface area contributed by atoms with Gasteiger partial charge in [0.25, 0.3) is 0 Å². The van der Waals surface area contributed by atoms with Gasteiger partial charge < -0.3 is 5.11 Å². The molecule has 4 nitrogen and oxygen atoms in total. The molecule has 0 saturated heterocycles. The molecule has 0 bridgehead atoms. The van der Waals surface area contributed by atoms with Gasteiger partial charge >= 0.3 is 0 Å². The van der Waals surface area contributed by atoms with Gasteiger partial charge in [-0.2, -0.15) is 0 Å². The minimum absolute atomic E-state index is 0.0807. The molecule has 15 heavy (non-hydrogen) atoms. The Bertz CT molecular complexity index is 508.